The summed E-state index contributed by atoms with van der Waals surface area (Å²) in [7, 11) is 1.89. The third-order valence-corrected chi connectivity index (χ3v) is 6.53. The third-order valence-electron chi connectivity index (χ3n) is 5.38. The Morgan fingerprint density at radius 1 is 1.36 bits per heavy atom. The highest BCUT2D eigenvalue weighted by molar-refractivity contribution is 8.00. The number of morpholine rings is 1. The van der Waals surface area contributed by atoms with Crippen LogP contribution in [0.5, 0.6) is 0 Å². The van der Waals surface area contributed by atoms with Crippen molar-refractivity contribution >= 4 is 17.7 Å². The van der Waals surface area contributed by atoms with E-state index in [2.05, 4.69) is 20.4 Å². The number of rotatable bonds is 6. The Kier molecular flexibility index (Phi) is 6.35. The van der Waals surface area contributed by atoms with Crippen LogP contribution in [0.15, 0.2) is 11.5 Å². The van der Waals surface area contributed by atoms with Crippen LogP contribution in [0.4, 0.5) is 0 Å². The van der Waals surface area contributed by atoms with Crippen molar-refractivity contribution in [1.29, 1.82) is 0 Å². The monoisotopic (exact) mass is 367 g/mol. The molecule has 1 aliphatic heterocycles. The van der Waals surface area contributed by atoms with Crippen LogP contribution in [0.3, 0.4) is 0 Å². The van der Waals surface area contributed by atoms with Crippen LogP contribution in [0.25, 0.3) is 0 Å². The van der Waals surface area contributed by atoms with Gasteiger partial charge in [0.15, 0.2) is 5.16 Å². The van der Waals surface area contributed by atoms with E-state index in [1.807, 2.05) is 18.5 Å². The first-order valence-corrected chi connectivity index (χ1v) is 10.1. The molecule has 0 radical (unpaired) electrons. The van der Waals surface area contributed by atoms with Gasteiger partial charge in [0.05, 0.1) is 18.5 Å². The lowest BCUT2D eigenvalue weighted by molar-refractivity contribution is -0.121. The molecule has 140 valence electrons. The lowest BCUT2D eigenvalue weighted by Gasteiger charge is -2.48. The fourth-order valence-electron chi connectivity index (χ4n) is 3.84. The number of ether oxygens (including phenoxy) is 1. The summed E-state index contributed by atoms with van der Waals surface area (Å²) < 4.78 is 7.36. The van der Waals surface area contributed by atoms with Gasteiger partial charge in [-0.3, -0.25) is 9.69 Å². The fraction of sp³-hybridized carbons (Fsp3) is 0.824. The molecule has 3 rings (SSSR count). The maximum Gasteiger partial charge on any atom is 0.233 e. The van der Waals surface area contributed by atoms with Crippen molar-refractivity contribution in [2.24, 2.45) is 7.05 Å². The lowest BCUT2D eigenvalue weighted by atomic mass is 9.79. The Bertz CT molecular complexity index is 567. The van der Waals surface area contributed by atoms with Gasteiger partial charge in [-0.15, -0.1) is 10.2 Å². The molecule has 0 spiro atoms. The Morgan fingerprint density at radius 2 is 2.08 bits per heavy atom. The predicted molar refractivity (Wildman–Crippen MR) is 97.5 cm³/mol. The smallest absolute Gasteiger partial charge is 0.233 e. The van der Waals surface area contributed by atoms with Crippen LogP contribution in [-0.2, 0) is 16.6 Å². The lowest BCUT2D eigenvalue weighted by Crippen LogP contribution is -2.60. The van der Waals surface area contributed by atoms with E-state index in [9.17, 15) is 4.79 Å². The molecule has 0 aromatic carbocycles. The van der Waals surface area contributed by atoms with E-state index in [0.29, 0.717) is 0 Å². The van der Waals surface area contributed by atoms with Crippen molar-refractivity contribution in [2.45, 2.75) is 55.0 Å². The third kappa shape index (κ3) is 4.54. The Balaban J connectivity index is 1.58. The molecule has 1 unspecified atom stereocenters. The van der Waals surface area contributed by atoms with E-state index < -0.39 is 0 Å². The standard InChI is InChI=1S/C17H29N5O2S/c1-14(25-16-20-19-13-21(16)2)15(23)18-12-17(6-4-3-5-7-17)22-8-10-24-11-9-22/h13-14H,3-12H2,1-2H3,(H,18,23). The largest absolute Gasteiger partial charge is 0.379 e. The van der Waals surface area contributed by atoms with Crippen molar-refractivity contribution in [3.63, 3.8) is 0 Å². The van der Waals surface area contributed by atoms with Crippen molar-refractivity contribution in [3.05, 3.63) is 6.33 Å². The number of carbonyl (C=O) groups excluding carboxylic acids is 1. The van der Waals surface area contributed by atoms with Crippen molar-refractivity contribution < 1.29 is 9.53 Å². The van der Waals surface area contributed by atoms with Crippen LogP contribution in [0, 0.1) is 0 Å². The van der Waals surface area contributed by atoms with Gasteiger partial charge in [0, 0.05) is 32.2 Å². The SMILES string of the molecule is CC(Sc1nncn1C)C(=O)NCC1(N2CCOCC2)CCCCC1. The van der Waals surface area contributed by atoms with E-state index >= 15 is 0 Å². The minimum Gasteiger partial charge on any atom is -0.379 e. The van der Waals surface area contributed by atoms with Gasteiger partial charge < -0.3 is 14.6 Å². The highest BCUT2D eigenvalue weighted by Crippen LogP contribution is 2.34. The average Bonchev–Trinajstić information content (AvgIpc) is 3.06. The molecule has 1 atom stereocenters. The molecular weight excluding hydrogens is 338 g/mol. The van der Waals surface area contributed by atoms with Crippen LogP contribution >= 0.6 is 11.8 Å². The molecule has 1 saturated heterocycles. The normalized spacial score (nSPS) is 22.5. The molecule has 2 heterocycles. The molecule has 25 heavy (non-hydrogen) atoms. The zero-order valence-corrected chi connectivity index (χ0v) is 16.1. The average molecular weight is 368 g/mol. The second-order valence-electron chi connectivity index (χ2n) is 7.09. The minimum atomic E-state index is -0.187. The highest BCUT2D eigenvalue weighted by atomic mass is 32.2. The van der Waals surface area contributed by atoms with Gasteiger partial charge in [0.2, 0.25) is 5.91 Å². The summed E-state index contributed by atoms with van der Waals surface area (Å²) in [5, 5.41) is 11.7. The molecular formula is C17H29N5O2S. The van der Waals surface area contributed by atoms with E-state index in [4.69, 9.17) is 4.74 Å². The Hall–Kier alpha value is -1.12. The number of amides is 1. The van der Waals surface area contributed by atoms with Gasteiger partial charge in [0.1, 0.15) is 6.33 Å². The number of hydrogen-bond donors (Lipinski definition) is 1. The molecule has 1 aromatic rings. The van der Waals surface area contributed by atoms with Gasteiger partial charge in [0.25, 0.3) is 0 Å². The predicted octanol–water partition coefficient (Wildman–Crippen LogP) is 1.45. The number of thioether (sulfide) groups is 1. The second-order valence-corrected chi connectivity index (χ2v) is 8.39. The van der Waals surface area contributed by atoms with Gasteiger partial charge in [-0.2, -0.15) is 0 Å². The number of nitrogens with zero attached hydrogens (tertiary/aromatic N) is 4. The minimum absolute atomic E-state index is 0.0752. The molecule has 2 fully saturated rings. The zero-order valence-electron chi connectivity index (χ0n) is 15.2. The zero-order chi connectivity index (χ0) is 17.7. The van der Waals surface area contributed by atoms with E-state index in [-0.39, 0.29) is 16.7 Å². The number of nitrogens with one attached hydrogen (secondary N) is 1. The van der Waals surface area contributed by atoms with Crippen molar-refractivity contribution in [3.8, 4) is 0 Å². The first-order valence-electron chi connectivity index (χ1n) is 9.22. The Labute approximate surface area is 153 Å². The first kappa shape index (κ1) is 18.7. The summed E-state index contributed by atoms with van der Waals surface area (Å²) in [6, 6.07) is 0. The number of aryl methyl sites for hydroxylation is 1. The van der Waals surface area contributed by atoms with Crippen molar-refractivity contribution in [1.82, 2.24) is 25.0 Å². The van der Waals surface area contributed by atoms with Gasteiger partial charge in [-0.05, 0) is 19.8 Å². The molecule has 1 aliphatic carbocycles. The van der Waals surface area contributed by atoms with Gasteiger partial charge in [-0.1, -0.05) is 31.0 Å². The maximum atomic E-state index is 12.6. The molecule has 1 amide bonds. The fourth-order valence-corrected chi connectivity index (χ4v) is 4.65. The number of hydrogen-bond acceptors (Lipinski definition) is 6. The molecule has 1 saturated carbocycles. The highest BCUT2D eigenvalue weighted by Gasteiger charge is 2.39. The van der Waals surface area contributed by atoms with Crippen LogP contribution in [-0.4, -0.2) is 69.2 Å². The molecule has 8 heteroatoms. The molecule has 2 aliphatic rings. The topological polar surface area (TPSA) is 72.3 Å². The summed E-state index contributed by atoms with van der Waals surface area (Å²) in [6.45, 7) is 6.20. The van der Waals surface area contributed by atoms with E-state index in [1.54, 1.807) is 6.33 Å². The maximum absolute atomic E-state index is 12.6. The van der Waals surface area contributed by atoms with Crippen LogP contribution in [0.1, 0.15) is 39.0 Å². The quantitative estimate of drug-likeness (QED) is 0.767. The summed E-state index contributed by atoms with van der Waals surface area (Å²) in [6.07, 6.45) is 7.78. The number of carbonyl (C=O) groups is 1. The number of aromatic nitrogens is 3. The van der Waals surface area contributed by atoms with Crippen LogP contribution < -0.4 is 5.32 Å². The molecule has 0 bridgehead atoms. The van der Waals surface area contributed by atoms with E-state index in [0.717, 1.165) is 50.8 Å². The van der Waals surface area contributed by atoms with Crippen LogP contribution in [0.2, 0.25) is 0 Å². The van der Waals surface area contributed by atoms with Crippen molar-refractivity contribution in [2.75, 3.05) is 32.8 Å². The van der Waals surface area contributed by atoms with Gasteiger partial charge >= 0.3 is 0 Å². The summed E-state index contributed by atoms with van der Waals surface area (Å²) in [5.74, 6) is 0.0752. The summed E-state index contributed by atoms with van der Waals surface area (Å²) >= 11 is 1.45. The van der Waals surface area contributed by atoms with E-state index in [1.165, 1.54) is 31.0 Å². The summed E-state index contributed by atoms with van der Waals surface area (Å²) in [4.78, 5) is 15.2. The second kappa shape index (κ2) is 8.51. The van der Waals surface area contributed by atoms with Gasteiger partial charge in [-0.25, -0.2) is 0 Å². The first-order chi connectivity index (χ1) is 12.1. The molecule has 1 N–H and O–H groups in total. The Morgan fingerprint density at radius 3 is 2.72 bits per heavy atom. The molecule has 1 aromatic heterocycles. The molecule has 7 nitrogen and oxygen atoms in total. The summed E-state index contributed by atoms with van der Waals surface area (Å²) in [5.41, 5.74) is 0.104.